The van der Waals surface area contributed by atoms with E-state index < -0.39 is 0 Å². The fourth-order valence-electron chi connectivity index (χ4n) is 1.31. The zero-order valence-electron chi connectivity index (χ0n) is 5.89. The second-order valence-corrected chi connectivity index (χ2v) is 2.96. The lowest BCUT2D eigenvalue weighted by atomic mass is 9.73. The highest BCUT2D eigenvalue weighted by atomic mass is 16.5. The summed E-state index contributed by atoms with van der Waals surface area (Å²) < 4.78 is 5.15. The van der Waals surface area contributed by atoms with Crippen molar-refractivity contribution in [1.29, 1.82) is 0 Å². The van der Waals surface area contributed by atoms with Gasteiger partial charge in [-0.1, -0.05) is 0 Å². The highest BCUT2D eigenvalue weighted by Crippen LogP contribution is 2.38. The van der Waals surface area contributed by atoms with E-state index >= 15 is 0 Å². The number of carbonyl (C=O) groups is 1. The second kappa shape index (κ2) is 2.10. The van der Waals surface area contributed by atoms with Gasteiger partial charge in [-0.2, -0.15) is 0 Å². The third kappa shape index (κ3) is 1.13. The zero-order valence-corrected chi connectivity index (χ0v) is 5.89. The second-order valence-electron chi connectivity index (χ2n) is 2.96. The van der Waals surface area contributed by atoms with E-state index in [1.54, 1.807) is 7.11 Å². The number of aldehydes is 1. The molecule has 1 aliphatic carbocycles. The first-order valence-corrected chi connectivity index (χ1v) is 3.21. The van der Waals surface area contributed by atoms with E-state index in [9.17, 15) is 4.79 Å². The van der Waals surface area contributed by atoms with Crippen LogP contribution in [0.2, 0.25) is 0 Å². The summed E-state index contributed by atoms with van der Waals surface area (Å²) in [6.45, 7) is 2.03. The molecule has 1 aliphatic rings. The molecule has 0 aromatic rings. The third-order valence-electron chi connectivity index (χ3n) is 2.07. The van der Waals surface area contributed by atoms with Gasteiger partial charge in [-0.25, -0.2) is 0 Å². The van der Waals surface area contributed by atoms with Gasteiger partial charge in [0, 0.05) is 13.0 Å². The van der Waals surface area contributed by atoms with Crippen LogP contribution in [0.3, 0.4) is 0 Å². The molecule has 1 fully saturated rings. The van der Waals surface area contributed by atoms with Gasteiger partial charge in [0.1, 0.15) is 6.29 Å². The number of rotatable bonds is 2. The van der Waals surface area contributed by atoms with Crippen LogP contribution in [0.1, 0.15) is 19.8 Å². The van der Waals surface area contributed by atoms with Crippen LogP contribution >= 0.6 is 0 Å². The quantitative estimate of drug-likeness (QED) is 0.518. The monoisotopic (exact) mass is 128 g/mol. The van der Waals surface area contributed by atoms with E-state index in [1.807, 2.05) is 6.92 Å². The normalized spacial score (nSPS) is 41.8. The highest BCUT2D eigenvalue weighted by molar-refractivity contribution is 5.55. The van der Waals surface area contributed by atoms with Crippen molar-refractivity contribution in [3.63, 3.8) is 0 Å². The predicted molar refractivity (Wildman–Crippen MR) is 34.2 cm³/mol. The lowest BCUT2D eigenvalue weighted by molar-refractivity contribution is -0.129. The summed E-state index contributed by atoms with van der Waals surface area (Å²) in [6.07, 6.45) is 2.81. The molecule has 2 nitrogen and oxygen atoms in total. The SMILES string of the molecule is COC1(C)CC(C=O)C1. The van der Waals surface area contributed by atoms with Gasteiger partial charge in [0.05, 0.1) is 5.60 Å². The number of hydrogen-bond acceptors (Lipinski definition) is 2. The van der Waals surface area contributed by atoms with Crippen LogP contribution in [0.4, 0.5) is 0 Å². The van der Waals surface area contributed by atoms with Gasteiger partial charge in [0.2, 0.25) is 0 Å². The zero-order chi connectivity index (χ0) is 6.91. The fraction of sp³-hybridized carbons (Fsp3) is 0.857. The van der Waals surface area contributed by atoms with Crippen LogP contribution in [0.25, 0.3) is 0 Å². The van der Waals surface area contributed by atoms with Gasteiger partial charge in [-0.05, 0) is 19.8 Å². The molecule has 0 N–H and O–H groups in total. The maximum Gasteiger partial charge on any atom is 0.123 e. The van der Waals surface area contributed by atoms with Crippen LogP contribution in [0.5, 0.6) is 0 Å². The topological polar surface area (TPSA) is 26.3 Å². The molecule has 0 aromatic carbocycles. The van der Waals surface area contributed by atoms with Crippen LogP contribution in [-0.2, 0) is 9.53 Å². The Morgan fingerprint density at radius 2 is 2.22 bits per heavy atom. The predicted octanol–water partition coefficient (Wildman–Crippen LogP) is 1.00. The molecule has 0 atom stereocenters. The van der Waals surface area contributed by atoms with E-state index in [4.69, 9.17) is 4.74 Å². The molecule has 0 saturated heterocycles. The Morgan fingerprint density at radius 1 is 1.67 bits per heavy atom. The molecule has 0 aliphatic heterocycles. The summed E-state index contributed by atoms with van der Waals surface area (Å²) in [5, 5.41) is 0. The molecule has 0 aromatic heterocycles. The first-order chi connectivity index (χ1) is 4.20. The van der Waals surface area contributed by atoms with Crippen molar-refractivity contribution >= 4 is 6.29 Å². The number of ether oxygens (including phenoxy) is 1. The average molecular weight is 128 g/mol. The van der Waals surface area contributed by atoms with Gasteiger partial charge >= 0.3 is 0 Å². The van der Waals surface area contributed by atoms with E-state index in [0.717, 1.165) is 19.1 Å². The molecule has 1 rings (SSSR count). The summed E-state index contributed by atoms with van der Waals surface area (Å²) in [4.78, 5) is 10.1. The van der Waals surface area contributed by atoms with E-state index in [1.165, 1.54) is 0 Å². The Morgan fingerprint density at radius 3 is 2.56 bits per heavy atom. The summed E-state index contributed by atoms with van der Waals surface area (Å²) in [5.41, 5.74) is 0.00553. The Balaban J connectivity index is 2.32. The Bertz CT molecular complexity index is 114. The van der Waals surface area contributed by atoms with Crippen molar-refractivity contribution in [1.82, 2.24) is 0 Å². The van der Waals surface area contributed by atoms with Crippen molar-refractivity contribution in [3.05, 3.63) is 0 Å². The van der Waals surface area contributed by atoms with Gasteiger partial charge in [-0.3, -0.25) is 0 Å². The maximum absolute atomic E-state index is 10.1. The Hall–Kier alpha value is -0.370. The molecule has 1 saturated carbocycles. The lowest BCUT2D eigenvalue weighted by Gasteiger charge is -2.41. The number of methoxy groups -OCH3 is 1. The minimum atomic E-state index is 0.00553. The van der Waals surface area contributed by atoms with Crippen molar-refractivity contribution < 1.29 is 9.53 Å². The standard InChI is InChI=1S/C7H12O2/c1-7(9-2)3-6(4-7)5-8/h5-6H,3-4H2,1-2H3. The fourth-order valence-corrected chi connectivity index (χ4v) is 1.31. The highest BCUT2D eigenvalue weighted by Gasteiger charge is 2.39. The smallest absolute Gasteiger partial charge is 0.123 e. The Kier molecular flexibility index (Phi) is 1.58. The summed E-state index contributed by atoms with van der Waals surface area (Å²) in [7, 11) is 1.70. The van der Waals surface area contributed by atoms with Crippen molar-refractivity contribution in [3.8, 4) is 0 Å². The van der Waals surface area contributed by atoms with Crippen LogP contribution in [0, 0.1) is 5.92 Å². The van der Waals surface area contributed by atoms with E-state index in [2.05, 4.69) is 0 Å². The van der Waals surface area contributed by atoms with Crippen molar-refractivity contribution in [2.45, 2.75) is 25.4 Å². The van der Waals surface area contributed by atoms with Gasteiger partial charge in [0.25, 0.3) is 0 Å². The molecular formula is C7H12O2. The van der Waals surface area contributed by atoms with Gasteiger partial charge in [0.15, 0.2) is 0 Å². The van der Waals surface area contributed by atoms with Crippen molar-refractivity contribution in [2.24, 2.45) is 5.92 Å². The van der Waals surface area contributed by atoms with Gasteiger partial charge in [-0.15, -0.1) is 0 Å². The first kappa shape index (κ1) is 6.75. The first-order valence-electron chi connectivity index (χ1n) is 3.21. The molecule has 0 bridgehead atoms. The minimum absolute atomic E-state index is 0.00553. The molecule has 9 heavy (non-hydrogen) atoms. The molecule has 52 valence electrons. The molecule has 0 spiro atoms. The maximum atomic E-state index is 10.1. The van der Waals surface area contributed by atoms with Gasteiger partial charge < -0.3 is 9.53 Å². The van der Waals surface area contributed by atoms with Crippen molar-refractivity contribution in [2.75, 3.05) is 7.11 Å². The molecule has 0 amide bonds. The van der Waals surface area contributed by atoms with Crippen LogP contribution in [0.15, 0.2) is 0 Å². The molecule has 0 radical (unpaired) electrons. The number of hydrogen-bond donors (Lipinski definition) is 0. The van der Waals surface area contributed by atoms with E-state index in [-0.39, 0.29) is 11.5 Å². The summed E-state index contributed by atoms with van der Waals surface area (Å²) >= 11 is 0. The molecule has 0 unspecified atom stereocenters. The Labute approximate surface area is 55.2 Å². The lowest BCUT2D eigenvalue weighted by Crippen LogP contribution is -2.43. The average Bonchev–Trinajstić information content (AvgIpc) is 1.81. The third-order valence-corrected chi connectivity index (χ3v) is 2.07. The van der Waals surface area contributed by atoms with E-state index in [0.29, 0.717) is 0 Å². The summed E-state index contributed by atoms with van der Waals surface area (Å²) in [5.74, 6) is 0.259. The largest absolute Gasteiger partial charge is 0.378 e. The van der Waals surface area contributed by atoms with Crippen LogP contribution in [-0.4, -0.2) is 19.0 Å². The summed E-state index contributed by atoms with van der Waals surface area (Å²) in [6, 6.07) is 0. The molecule has 2 heteroatoms. The molecule has 0 heterocycles. The molecular weight excluding hydrogens is 116 g/mol. The minimum Gasteiger partial charge on any atom is -0.378 e. The van der Waals surface area contributed by atoms with Crippen LogP contribution < -0.4 is 0 Å². The number of carbonyl (C=O) groups excluding carboxylic acids is 1.